The van der Waals surface area contributed by atoms with Crippen molar-refractivity contribution in [2.45, 2.75) is 6.54 Å². The topological polar surface area (TPSA) is 102 Å². The van der Waals surface area contributed by atoms with Crippen LogP contribution in [0.3, 0.4) is 0 Å². The van der Waals surface area contributed by atoms with Crippen LogP contribution in [0.15, 0.2) is 71.5 Å². The van der Waals surface area contributed by atoms with Gasteiger partial charge in [-0.05, 0) is 12.1 Å². The molecule has 1 aliphatic rings. The standard InChI is InChI=1S/C22H21N5O4/c28-21-10-9-20(17-5-2-1-3-6-17)23-26(21)16-22(29)25-13-11-24(12-14-25)18-7-4-8-19(15-18)27(30)31/h1-10,15H,11-14,16H2. The van der Waals surface area contributed by atoms with Crippen molar-refractivity contribution in [1.29, 1.82) is 0 Å². The van der Waals surface area contributed by atoms with Crippen LogP contribution in [0.4, 0.5) is 11.4 Å². The van der Waals surface area contributed by atoms with Gasteiger partial charge in [0.25, 0.3) is 11.2 Å². The van der Waals surface area contributed by atoms with Crippen LogP contribution in [-0.2, 0) is 11.3 Å². The zero-order chi connectivity index (χ0) is 21.8. The lowest BCUT2D eigenvalue weighted by molar-refractivity contribution is -0.384. The van der Waals surface area contributed by atoms with Gasteiger partial charge in [0, 0.05) is 55.6 Å². The van der Waals surface area contributed by atoms with E-state index in [2.05, 4.69) is 5.10 Å². The molecule has 31 heavy (non-hydrogen) atoms. The molecular formula is C22H21N5O4. The maximum absolute atomic E-state index is 12.8. The Kier molecular flexibility index (Phi) is 5.74. The van der Waals surface area contributed by atoms with Gasteiger partial charge in [0.05, 0.1) is 10.6 Å². The summed E-state index contributed by atoms with van der Waals surface area (Å²) >= 11 is 0. The molecule has 2 heterocycles. The van der Waals surface area contributed by atoms with E-state index in [9.17, 15) is 19.7 Å². The molecule has 0 unspecified atom stereocenters. The largest absolute Gasteiger partial charge is 0.368 e. The zero-order valence-electron chi connectivity index (χ0n) is 16.8. The van der Waals surface area contributed by atoms with Gasteiger partial charge in [-0.25, -0.2) is 4.68 Å². The average molecular weight is 419 g/mol. The summed E-state index contributed by atoms with van der Waals surface area (Å²) in [4.78, 5) is 39.3. The van der Waals surface area contributed by atoms with Crippen LogP contribution in [0.1, 0.15) is 0 Å². The smallest absolute Gasteiger partial charge is 0.271 e. The number of nitro groups is 1. The number of carbonyl (C=O) groups is 1. The minimum Gasteiger partial charge on any atom is -0.368 e. The Balaban J connectivity index is 1.41. The van der Waals surface area contributed by atoms with Crippen LogP contribution in [0.5, 0.6) is 0 Å². The molecule has 158 valence electrons. The van der Waals surface area contributed by atoms with Crippen LogP contribution in [0, 0.1) is 10.1 Å². The number of non-ortho nitro benzene ring substituents is 1. The highest BCUT2D eigenvalue weighted by Gasteiger charge is 2.23. The van der Waals surface area contributed by atoms with Crippen molar-refractivity contribution in [3.8, 4) is 11.3 Å². The fraction of sp³-hybridized carbons (Fsp3) is 0.227. The Morgan fingerprint density at radius 3 is 2.42 bits per heavy atom. The Hall–Kier alpha value is -4.01. The Morgan fingerprint density at radius 2 is 1.71 bits per heavy atom. The first-order valence-electron chi connectivity index (χ1n) is 9.92. The lowest BCUT2D eigenvalue weighted by atomic mass is 10.1. The quantitative estimate of drug-likeness (QED) is 0.464. The molecule has 0 saturated carbocycles. The predicted octanol–water partition coefficient (Wildman–Crippen LogP) is 2.17. The number of nitrogens with zero attached hydrogens (tertiary/aromatic N) is 5. The van der Waals surface area contributed by atoms with Gasteiger partial charge in [-0.15, -0.1) is 0 Å². The van der Waals surface area contributed by atoms with E-state index in [4.69, 9.17) is 0 Å². The molecule has 0 spiro atoms. The molecule has 3 aromatic rings. The summed E-state index contributed by atoms with van der Waals surface area (Å²) < 4.78 is 1.19. The minimum atomic E-state index is -0.419. The van der Waals surface area contributed by atoms with Gasteiger partial charge in [0.15, 0.2) is 0 Å². The van der Waals surface area contributed by atoms with Gasteiger partial charge < -0.3 is 9.80 Å². The number of carbonyl (C=O) groups excluding carboxylic acids is 1. The third-order valence-corrected chi connectivity index (χ3v) is 5.26. The number of hydrogen-bond acceptors (Lipinski definition) is 6. The summed E-state index contributed by atoms with van der Waals surface area (Å²) in [5.41, 5.74) is 1.97. The van der Waals surface area contributed by atoms with Gasteiger partial charge in [0.2, 0.25) is 5.91 Å². The van der Waals surface area contributed by atoms with Gasteiger partial charge in [-0.2, -0.15) is 5.10 Å². The van der Waals surface area contributed by atoms with Crippen molar-refractivity contribution in [2.75, 3.05) is 31.1 Å². The highest BCUT2D eigenvalue weighted by Crippen LogP contribution is 2.22. The summed E-state index contributed by atoms with van der Waals surface area (Å²) in [6, 6.07) is 19.0. The summed E-state index contributed by atoms with van der Waals surface area (Å²) in [6.45, 7) is 1.91. The van der Waals surface area contributed by atoms with Gasteiger partial charge in [-0.3, -0.25) is 19.7 Å². The van der Waals surface area contributed by atoms with Crippen molar-refractivity contribution in [3.05, 3.63) is 87.2 Å². The van der Waals surface area contributed by atoms with Crippen molar-refractivity contribution in [1.82, 2.24) is 14.7 Å². The molecule has 9 nitrogen and oxygen atoms in total. The first-order valence-corrected chi connectivity index (χ1v) is 9.92. The fourth-order valence-electron chi connectivity index (χ4n) is 3.57. The molecule has 2 aromatic carbocycles. The van der Waals surface area contributed by atoms with E-state index in [1.807, 2.05) is 41.3 Å². The molecule has 1 fully saturated rings. The third kappa shape index (κ3) is 4.61. The van der Waals surface area contributed by atoms with E-state index in [0.717, 1.165) is 11.3 Å². The minimum absolute atomic E-state index is 0.0414. The van der Waals surface area contributed by atoms with Crippen molar-refractivity contribution < 1.29 is 9.72 Å². The number of rotatable bonds is 5. The Bertz CT molecular complexity index is 1150. The predicted molar refractivity (Wildman–Crippen MR) is 116 cm³/mol. The molecule has 0 aliphatic carbocycles. The van der Waals surface area contributed by atoms with Crippen LogP contribution >= 0.6 is 0 Å². The number of piperazine rings is 1. The highest BCUT2D eigenvalue weighted by atomic mass is 16.6. The Labute approximate surface area is 178 Å². The van der Waals surface area contributed by atoms with Gasteiger partial charge in [-0.1, -0.05) is 36.4 Å². The number of hydrogen-bond donors (Lipinski definition) is 0. The van der Waals surface area contributed by atoms with Gasteiger partial charge in [0.1, 0.15) is 6.54 Å². The molecule has 0 atom stereocenters. The lowest BCUT2D eigenvalue weighted by Crippen LogP contribution is -2.50. The van der Waals surface area contributed by atoms with E-state index in [1.54, 1.807) is 17.0 Å². The van der Waals surface area contributed by atoms with Gasteiger partial charge >= 0.3 is 0 Å². The third-order valence-electron chi connectivity index (χ3n) is 5.26. The molecule has 1 saturated heterocycles. The summed E-state index contributed by atoms with van der Waals surface area (Å²) in [6.07, 6.45) is 0. The summed E-state index contributed by atoms with van der Waals surface area (Å²) in [5, 5.41) is 15.3. The summed E-state index contributed by atoms with van der Waals surface area (Å²) in [5.74, 6) is -0.182. The van der Waals surface area contributed by atoms with E-state index in [-0.39, 0.29) is 23.7 Å². The van der Waals surface area contributed by atoms with Crippen LogP contribution in [0.25, 0.3) is 11.3 Å². The number of nitro benzene ring substituents is 1. The van der Waals surface area contributed by atoms with Crippen molar-refractivity contribution in [3.63, 3.8) is 0 Å². The van der Waals surface area contributed by atoms with Crippen molar-refractivity contribution in [2.24, 2.45) is 0 Å². The molecule has 0 bridgehead atoms. The fourth-order valence-corrected chi connectivity index (χ4v) is 3.57. The normalized spacial score (nSPS) is 13.8. The Morgan fingerprint density at radius 1 is 0.968 bits per heavy atom. The first kappa shape index (κ1) is 20.3. The number of anilines is 1. The molecule has 1 aliphatic heterocycles. The molecule has 0 radical (unpaired) electrons. The van der Waals surface area contributed by atoms with Crippen LogP contribution in [-0.4, -0.2) is 51.7 Å². The number of aromatic nitrogens is 2. The number of amides is 1. The van der Waals surface area contributed by atoms with Crippen LogP contribution < -0.4 is 10.5 Å². The second-order valence-corrected chi connectivity index (χ2v) is 7.23. The SMILES string of the molecule is O=C(Cn1nc(-c2ccccc2)ccc1=O)N1CCN(c2cccc([N+](=O)[O-])c2)CC1. The first-order chi connectivity index (χ1) is 15.0. The molecular weight excluding hydrogens is 398 g/mol. The molecule has 9 heteroatoms. The molecule has 1 aromatic heterocycles. The highest BCUT2D eigenvalue weighted by molar-refractivity contribution is 5.76. The van der Waals surface area contributed by atoms with Crippen molar-refractivity contribution >= 4 is 17.3 Å². The maximum Gasteiger partial charge on any atom is 0.271 e. The van der Waals surface area contributed by atoms with E-state index in [0.29, 0.717) is 31.9 Å². The molecule has 4 rings (SSSR count). The second kappa shape index (κ2) is 8.78. The molecule has 0 N–H and O–H groups in total. The number of benzene rings is 2. The maximum atomic E-state index is 12.8. The van der Waals surface area contributed by atoms with E-state index in [1.165, 1.54) is 22.9 Å². The van der Waals surface area contributed by atoms with Crippen LogP contribution in [0.2, 0.25) is 0 Å². The van der Waals surface area contributed by atoms with E-state index >= 15 is 0 Å². The summed E-state index contributed by atoms with van der Waals surface area (Å²) in [7, 11) is 0. The molecule has 1 amide bonds. The zero-order valence-corrected chi connectivity index (χ0v) is 16.8. The second-order valence-electron chi connectivity index (χ2n) is 7.23. The lowest BCUT2D eigenvalue weighted by Gasteiger charge is -2.36. The monoisotopic (exact) mass is 419 g/mol. The average Bonchev–Trinajstić information content (AvgIpc) is 2.81. The van der Waals surface area contributed by atoms with E-state index < -0.39 is 4.92 Å².